The summed E-state index contributed by atoms with van der Waals surface area (Å²) in [5, 5.41) is 90.7. The van der Waals surface area contributed by atoms with Gasteiger partial charge in [-0.1, -0.05) is 5.11 Å². The number of aromatic amines is 1. The second-order valence-electron chi connectivity index (χ2n) is 12.6. The quantitative estimate of drug-likeness (QED) is 0.0484. The molecule has 5 aromatic rings. The Morgan fingerprint density at radius 1 is 0.661 bits per heavy atom. The lowest BCUT2D eigenvalue weighted by atomic mass is 10.1. The zero-order valence-corrected chi connectivity index (χ0v) is 31.9. The molecule has 27 heteroatoms. The highest BCUT2D eigenvalue weighted by molar-refractivity contribution is 5.96. The lowest BCUT2D eigenvalue weighted by Crippen LogP contribution is -2.62. The number of benzene rings is 2. The number of pyridine rings is 1. The molecule has 0 bridgehead atoms. The number of H-pyrrole nitrogens is 1. The normalized spacial score (nSPS) is 11.2. The van der Waals surface area contributed by atoms with Gasteiger partial charge in [0.25, 0.3) is 11.4 Å². The number of hydrogen-bond donors (Lipinski definition) is 12. The predicted octanol–water partition coefficient (Wildman–Crippen LogP) is -0.0645. The molecule has 0 radical (unpaired) electrons. The molecule has 0 saturated carbocycles. The summed E-state index contributed by atoms with van der Waals surface area (Å²) in [5.41, 5.74) is -5.38. The molecule has 3 heterocycles. The Morgan fingerprint density at radius 2 is 1.13 bits per heavy atom. The van der Waals surface area contributed by atoms with Gasteiger partial charge in [-0.25, -0.2) is 24.0 Å². The Bertz CT molecular complexity index is 2770. The highest BCUT2D eigenvalue weighted by atomic mass is 16.4. The van der Waals surface area contributed by atoms with Gasteiger partial charge in [-0.15, -0.1) is 5.11 Å². The summed E-state index contributed by atoms with van der Waals surface area (Å²) in [7, 11) is 0. The highest BCUT2D eigenvalue weighted by Gasteiger charge is 2.21. The van der Waals surface area contributed by atoms with Crippen LogP contribution in [0.1, 0.15) is 47.0 Å². The van der Waals surface area contributed by atoms with E-state index in [-0.39, 0.29) is 90.9 Å². The van der Waals surface area contributed by atoms with E-state index in [4.69, 9.17) is 0 Å². The van der Waals surface area contributed by atoms with Crippen LogP contribution in [0.5, 0.6) is 11.8 Å². The van der Waals surface area contributed by atoms with E-state index in [9.17, 15) is 69.3 Å². The first-order valence-electron chi connectivity index (χ1n) is 17.7. The lowest BCUT2D eigenvalue weighted by Gasteiger charge is -2.14. The molecule has 0 fully saturated rings. The number of aromatic carboxylic acids is 4. The lowest BCUT2D eigenvalue weighted by molar-refractivity contribution is -0.436. The standard InChI is InChI=1S/C35H33N13O14/c1-15-8-22(50)47(26(52)23(15)45-43-20-11-16(28(54)55)9-17(12-20)29(56)57)5-2-36-32-40-33(42-34(41-32)38-4-7-49)37-3-6-48-27(53)24(25(51)39-35(48)62)46-44-21-13-18(30(58)59)10-19(14-21)31(60)61/h8-14,49,52-53H,2-7H2,1H3,(H,54,55)(H,56,57)(H,58,59)(H,60,61)(H,39,51,62)(H3,36,37,38,40,41,42)/p+1. The number of nitrogens with one attached hydrogen (secondary N) is 5. The number of anilines is 3. The molecule has 0 spiro atoms. The monoisotopic (exact) mass is 860 g/mol. The summed E-state index contributed by atoms with van der Waals surface area (Å²) in [4.78, 5) is 98.5. The number of aliphatic hydroxyl groups is 1. The number of aryl methyl sites for hydroxylation is 1. The smallest absolute Gasteiger partial charge is 0.354 e. The van der Waals surface area contributed by atoms with E-state index >= 15 is 0 Å². The van der Waals surface area contributed by atoms with Gasteiger partial charge < -0.3 is 51.7 Å². The van der Waals surface area contributed by atoms with Crippen molar-refractivity contribution in [1.29, 1.82) is 0 Å². The van der Waals surface area contributed by atoms with Crippen molar-refractivity contribution in [2.24, 2.45) is 15.3 Å². The molecule has 0 unspecified atom stereocenters. The van der Waals surface area contributed by atoms with Crippen molar-refractivity contribution in [3.63, 3.8) is 0 Å². The molecular weight excluding hydrogens is 826 g/mol. The fourth-order valence-corrected chi connectivity index (χ4v) is 5.35. The van der Waals surface area contributed by atoms with Gasteiger partial charge in [0.15, 0.2) is 0 Å². The minimum absolute atomic E-state index is 0.0186. The van der Waals surface area contributed by atoms with E-state index in [0.29, 0.717) is 0 Å². The van der Waals surface area contributed by atoms with Crippen LogP contribution in [0.25, 0.3) is 0 Å². The van der Waals surface area contributed by atoms with Crippen LogP contribution in [0.15, 0.2) is 72.2 Å². The van der Waals surface area contributed by atoms with E-state index in [1.54, 1.807) is 0 Å². The van der Waals surface area contributed by atoms with Crippen LogP contribution in [-0.2, 0) is 13.1 Å². The molecule has 12 N–H and O–H groups in total. The highest BCUT2D eigenvalue weighted by Crippen LogP contribution is 2.31. The maximum absolute atomic E-state index is 12.9. The summed E-state index contributed by atoms with van der Waals surface area (Å²) in [6.07, 6.45) is 0. The molecule has 0 aliphatic rings. The van der Waals surface area contributed by atoms with Crippen molar-refractivity contribution in [1.82, 2.24) is 29.1 Å². The van der Waals surface area contributed by atoms with Crippen LogP contribution in [0.4, 0.5) is 40.6 Å². The van der Waals surface area contributed by atoms with Gasteiger partial charge in [0.1, 0.15) is 11.4 Å². The second-order valence-corrected chi connectivity index (χ2v) is 12.6. The Labute approximate surface area is 344 Å². The van der Waals surface area contributed by atoms with Crippen molar-refractivity contribution < 1.29 is 60.0 Å². The number of rotatable bonds is 19. The largest absolute Gasteiger partial charge is 0.493 e. The van der Waals surface area contributed by atoms with Gasteiger partial charge in [0.2, 0.25) is 23.7 Å². The molecule has 2 aromatic carbocycles. The summed E-state index contributed by atoms with van der Waals surface area (Å²) in [6.45, 7) is 0.360. The van der Waals surface area contributed by atoms with Crippen LogP contribution in [0.3, 0.4) is 0 Å². The van der Waals surface area contributed by atoms with Gasteiger partial charge in [-0.2, -0.15) is 20.1 Å². The van der Waals surface area contributed by atoms with Crippen molar-refractivity contribution in [3.05, 3.63) is 101 Å². The van der Waals surface area contributed by atoms with E-state index in [0.717, 1.165) is 51.6 Å². The molecule has 62 heavy (non-hydrogen) atoms. The Morgan fingerprint density at radius 3 is 1.61 bits per heavy atom. The number of aromatic hydroxyl groups is 2. The zero-order valence-electron chi connectivity index (χ0n) is 31.9. The average molecular weight is 861 g/mol. The maximum Gasteiger partial charge on any atom is 0.354 e. The first-order valence-corrected chi connectivity index (χ1v) is 17.7. The molecule has 27 nitrogen and oxygen atoms in total. The Kier molecular flexibility index (Phi) is 13.7. The Hall–Kier alpha value is -8.88. The van der Waals surface area contributed by atoms with Gasteiger partial charge >= 0.3 is 40.8 Å². The first kappa shape index (κ1) is 44.2. The minimum Gasteiger partial charge on any atom is -0.493 e. The predicted molar refractivity (Wildman–Crippen MR) is 210 cm³/mol. The molecule has 0 aliphatic heterocycles. The molecular formula is C35H34N13O14+. The van der Waals surface area contributed by atoms with Crippen LogP contribution >= 0.6 is 0 Å². The summed E-state index contributed by atoms with van der Waals surface area (Å²) in [5.74, 6) is -7.45. The van der Waals surface area contributed by atoms with Gasteiger partial charge in [-0.3, -0.25) is 23.7 Å². The third-order valence-electron chi connectivity index (χ3n) is 8.27. The van der Waals surface area contributed by atoms with Gasteiger partial charge in [0.05, 0.1) is 34.5 Å². The Balaban J connectivity index is 1.32. The first-order chi connectivity index (χ1) is 29.4. The SMILES string of the molecule is Cc1cc(=O)n(CCNc2nc(NCCO)nc(NCCn3c(O)c([NH+]=Nc4cc(C(=O)O)cc(C(=O)O)c4)c(=O)[nH]c3=O)n2)c(O)c1N=Nc1cc(C(=O)O)cc(C(=O)O)c1. The van der Waals surface area contributed by atoms with Crippen LogP contribution in [-0.4, -0.2) is 115 Å². The van der Waals surface area contributed by atoms with Gasteiger partial charge in [-0.05, 0) is 54.0 Å². The number of azo groups is 2. The third kappa shape index (κ3) is 10.8. The minimum atomic E-state index is -1.45. The number of hydrogen-bond acceptors (Lipinski definition) is 19. The molecule has 0 saturated heterocycles. The topological polar surface area (TPSA) is 413 Å². The van der Waals surface area contributed by atoms with Crippen LogP contribution in [0.2, 0.25) is 0 Å². The van der Waals surface area contributed by atoms with E-state index in [1.165, 1.54) is 6.92 Å². The van der Waals surface area contributed by atoms with E-state index < -0.39 is 69.3 Å². The summed E-state index contributed by atoms with van der Waals surface area (Å²) < 4.78 is 1.66. The van der Waals surface area contributed by atoms with Crippen molar-refractivity contribution in [2.45, 2.75) is 20.0 Å². The number of carbonyl (C=O) groups is 4. The van der Waals surface area contributed by atoms with E-state index in [2.05, 4.69) is 51.4 Å². The van der Waals surface area contributed by atoms with Crippen LogP contribution in [0, 0.1) is 6.92 Å². The number of nitrogens with zero attached hydrogens (tertiary/aromatic N) is 8. The fourth-order valence-electron chi connectivity index (χ4n) is 5.35. The van der Waals surface area contributed by atoms with E-state index in [1.807, 2.05) is 4.98 Å². The molecule has 0 aliphatic carbocycles. The average Bonchev–Trinajstić information content (AvgIpc) is 3.21. The van der Waals surface area contributed by atoms with Gasteiger partial charge in [0, 0.05) is 38.8 Å². The molecule has 0 amide bonds. The molecule has 322 valence electrons. The number of carboxylic acid groups (broad SMARTS) is 4. The summed E-state index contributed by atoms with van der Waals surface area (Å²) in [6, 6.07) is 7.12. The molecule has 5 rings (SSSR count). The van der Waals surface area contributed by atoms with Crippen molar-refractivity contribution >= 4 is 64.5 Å². The zero-order chi connectivity index (χ0) is 45.2. The van der Waals surface area contributed by atoms with Crippen molar-refractivity contribution in [2.75, 3.05) is 42.2 Å². The molecule has 3 aromatic heterocycles. The molecule has 0 atom stereocenters. The maximum atomic E-state index is 12.9. The van der Waals surface area contributed by atoms with Crippen LogP contribution < -0.4 is 37.9 Å². The summed E-state index contributed by atoms with van der Waals surface area (Å²) >= 11 is 0. The fraction of sp³-hybridized carbons (Fsp3) is 0.200. The second kappa shape index (κ2) is 19.2. The third-order valence-corrected chi connectivity index (χ3v) is 8.27. The van der Waals surface area contributed by atoms with Crippen molar-refractivity contribution in [3.8, 4) is 11.8 Å². The number of aromatic nitrogens is 6. The number of carboxylic acids is 4. The number of aliphatic hydroxyl groups excluding tert-OH is 1.